The zero-order chi connectivity index (χ0) is 25.3. The van der Waals surface area contributed by atoms with Crippen LogP contribution in [-0.2, 0) is 29.0 Å². The molecular weight excluding hydrogens is 516 g/mol. The Hall–Kier alpha value is -3.12. The van der Waals surface area contributed by atoms with Gasteiger partial charge in [-0.05, 0) is 53.8 Å². The van der Waals surface area contributed by atoms with E-state index in [1.54, 1.807) is 12.0 Å². The maximum absolute atomic E-state index is 13.8. The Bertz CT molecular complexity index is 1130. The largest absolute Gasteiger partial charge is 0.497 e. The van der Waals surface area contributed by atoms with Crippen LogP contribution in [0.15, 0.2) is 83.3 Å². The summed E-state index contributed by atoms with van der Waals surface area (Å²) < 4.78 is 6.23. The van der Waals surface area contributed by atoms with Gasteiger partial charge in [0.15, 0.2) is 0 Å². The third-order valence-electron chi connectivity index (χ3n) is 6.75. The van der Waals surface area contributed by atoms with E-state index in [1.807, 2.05) is 78.9 Å². The van der Waals surface area contributed by atoms with Gasteiger partial charge in [0.25, 0.3) is 0 Å². The summed E-state index contributed by atoms with van der Waals surface area (Å²) in [6.07, 6.45) is 4.93. The van der Waals surface area contributed by atoms with E-state index in [9.17, 15) is 9.59 Å². The van der Waals surface area contributed by atoms with Gasteiger partial charge in [-0.2, -0.15) is 0 Å². The summed E-state index contributed by atoms with van der Waals surface area (Å²) in [5.41, 5.74) is 2.89. The van der Waals surface area contributed by atoms with Crippen molar-refractivity contribution in [3.63, 3.8) is 0 Å². The SMILES string of the molecule is COc1ccc(CC(=O)N(Cc2ccc(Br)cc2)[C@@H](Cc2ccccc2)C(=O)NC2CCCC2)cc1. The van der Waals surface area contributed by atoms with Crippen LogP contribution in [0.25, 0.3) is 0 Å². The van der Waals surface area contributed by atoms with Crippen molar-refractivity contribution in [2.75, 3.05) is 7.11 Å². The number of hydrogen-bond donors (Lipinski definition) is 1. The van der Waals surface area contributed by atoms with Crippen LogP contribution >= 0.6 is 15.9 Å². The molecule has 5 nitrogen and oxygen atoms in total. The molecule has 1 fully saturated rings. The summed E-state index contributed by atoms with van der Waals surface area (Å²) in [5, 5.41) is 3.25. The molecule has 1 atom stereocenters. The van der Waals surface area contributed by atoms with Crippen LogP contribution in [0.1, 0.15) is 42.4 Å². The van der Waals surface area contributed by atoms with Gasteiger partial charge >= 0.3 is 0 Å². The number of ether oxygens (including phenoxy) is 1. The van der Waals surface area contributed by atoms with Crippen molar-refractivity contribution in [1.82, 2.24) is 10.2 Å². The fourth-order valence-corrected chi connectivity index (χ4v) is 4.99. The van der Waals surface area contributed by atoms with Gasteiger partial charge < -0.3 is 15.0 Å². The highest BCUT2D eigenvalue weighted by molar-refractivity contribution is 9.10. The summed E-state index contributed by atoms with van der Waals surface area (Å²) in [6, 6.07) is 24.9. The molecule has 6 heteroatoms. The lowest BCUT2D eigenvalue weighted by Crippen LogP contribution is -2.52. The minimum atomic E-state index is -0.609. The highest BCUT2D eigenvalue weighted by atomic mass is 79.9. The van der Waals surface area contributed by atoms with Crippen molar-refractivity contribution in [3.8, 4) is 5.75 Å². The van der Waals surface area contributed by atoms with Crippen molar-refractivity contribution in [1.29, 1.82) is 0 Å². The quantitative estimate of drug-likeness (QED) is 0.353. The minimum absolute atomic E-state index is 0.0778. The van der Waals surface area contributed by atoms with Crippen LogP contribution in [0.3, 0.4) is 0 Å². The number of amides is 2. The summed E-state index contributed by atoms with van der Waals surface area (Å²) in [5.74, 6) is 0.590. The lowest BCUT2D eigenvalue weighted by atomic mass is 10.0. The highest BCUT2D eigenvalue weighted by Crippen LogP contribution is 2.22. The van der Waals surface area contributed by atoms with Crippen molar-refractivity contribution in [2.45, 2.75) is 57.2 Å². The molecule has 1 aliphatic rings. The van der Waals surface area contributed by atoms with E-state index in [0.29, 0.717) is 13.0 Å². The van der Waals surface area contributed by atoms with Gasteiger partial charge in [0, 0.05) is 23.5 Å². The topological polar surface area (TPSA) is 58.6 Å². The summed E-state index contributed by atoms with van der Waals surface area (Å²) in [6.45, 7) is 0.359. The van der Waals surface area contributed by atoms with Crippen molar-refractivity contribution in [2.24, 2.45) is 0 Å². The molecule has 0 unspecified atom stereocenters. The molecule has 0 spiro atoms. The van der Waals surface area contributed by atoms with E-state index in [0.717, 1.165) is 52.6 Å². The van der Waals surface area contributed by atoms with E-state index in [2.05, 4.69) is 21.2 Å². The molecule has 0 bridgehead atoms. The number of methoxy groups -OCH3 is 1. The average Bonchev–Trinajstić information content (AvgIpc) is 3.41. The molecular formula is C30H33BrN2O3. The van der Waals surface area contributed by atoms with Crippen LogP contribution in [0.4, 0.5) is 0 Å². The molecule has 1 N–H and O–H groups in total. The molecule has 188 valence electrons. The Morgan fingerprint density at radius 3 is 2.19 bits per heavy atom. The van der Waals surface area contributed by atoms with E-state index in [-0.39, 0.29) is 24.3 Å². The van der Waals surface area contributed by atoms with Crippen LogP contribution in [0, 0.1) is 0 Å². The fraction of sp³-hybridized carbons (Fsp3) is 0.333. The van der Waals surface area contributed by atoms with Crippen LogP contribution in [0.2, 0.25) is 0 Å². The lowest BCUT2D eigenvalue weighted by Gasteiger charge is -2.32. The summed E-state index contributed by atoms with van der Waals surface area (Å²) in [7, 11) is 1.62. The zero-order valence-electron chi connectivity index (χ0n) is 20.7. The molecule has 0 aromatic heterocycles. The predicted molar refractivity (Wildman–Crippen MR) is 146 cm³/mol. The molecule has 0 radical (unpaired) electrons. The molecule has 36 heavy (non-hydrogen) atoms. The number of halogens is 1. The van der Waals surface area contributed by atoms with Gasteiger partial charge in [-0.25, -0.2) is 0 Å². The Morgan fingerprint density at radius 2 is 1.56 bits per heavy atom. The number of nitrogens with zero attached hydrogens (tertiary/aromatic N) is 1. The number of carbonyl (C=O) groups excluding carboxylic acids is 2. The molecule has 1 saturated carbocycles. The first-order valence-corrected chi connectivity index (χ1v) is 13.3. The van der Waals surface area contributed by atoms with E-state index < -0.39 is 6.04 Å². The molecule has 0 aliphatic heterocycles. The average molecular weight is 550 g/mol. The summed E-state index contributed by atoms with van der Waals surface area (Å²) >= 11 is 3.49. The number of benzene rings is 3. The van der Waals surface area contributed by atoms with E-state index in [1.165, 1.54) is 0 Å². The van der Waals surface area contributed by atoms with Gasteiger partial charge in [0.05, 0.1) is 13.5 Å². The highest BCUT2D eigenvalue weighted by Gasteiger charge is 2.32. The number of hydrogen-bond acceptors (Lipinski definition) is 3. The fourth-order valence-electron chi connectivity index (χ4n) is 4.73. The summed E-state index contributed by atoms with van der Waals surface area (Å²) in [4.78, 5) is 29.3. The molecule has 3 aromatic carbocycles. The van der Waals surface area contributed by atoms with Gasteiger partial charge in [0.1, 0.15) is 11.8 Å². The Kier molecular flexibility index (Phi) is 9.17. The molecule has 3 aromatic rings. The first-order valence-electron chi connectivity index (χ1n) is 12.5. The maximum Gasteiger partial charge on any atom is 0.243 e. The Morgan fingerprint density at radius 1 is 0.917 bits per heavy atom. The van der Waals surface area contributed by atoms with Crippen LogP contribution in [-0.4, -0.2) is 35.9 Å². The minimum Gasteiger partial charge on any atom is -0.497 e. The van der Waals surface area contributed by atoms with Crippen LogP contribution < -0.4 is 10.1 Å². The number of carbonyl (C=O) groups is 2. The molecule has 1 aliphatic carbocycles. The Labute approximate surface area is 222 Å². The molecule has 0 heterocycles. The van der Waals surface area contributed by atoms with Crippen LogP contribution in [0.5, 0.6) is 5.75 Å². The number of nitrogens with one attached hydrogen (secondary N) is 1. The normalized spacial score (nSPS) is 14.3. The smallest absolute Gasteiger partial charge is 0.243 e. The number of rotatable bonds is 10. The second kappa shape index (κ2) is 12.7. The first kappa shape index (κ1) is 26.0. The van der Waals surface area contributed by atoms with Gasteiger partial charge in [-0.15, -0.1) is 0 Å². The third-order valence-corrected chi connectivity index (χ3v) is 7.28. The maximum atomic E-state index is 13.8. The molecule has 4 rings (SSSR count). The zero-order valence-corrected chi connectivity index (χ0v) is 22.2. The first-order chi connectivity index (χ1) is 17.5. The third kappa shape index (κ3) is 7.20. The van der Waals surface area contributed by atoms with Crippen molar-refractivity contribution < 1.29 is 14.3 Å². The van der Waals surface area contributed by atoms with Gasteiger partial charge in [-0.1, -0.05) is 83.4 Å². The van der Waals surface area contributed by atoms with E-state index in [4.69, 9.17) is 4.74 Å². The second-order valence-electron chi connectivity index (χ2n) is 9.37. The van der Waals surface area contributed by atoms with E-state index >= 15 is 0 Å². The van der Waals surface area contributed by atoms with Gasteiger partial charge in [-0.3, -0.25) is 9.59 Å². The lowest BCUT2D eigenvalue weighted by molar-refractivity contribution is -0.141. The van der Waals surface area contributed by atoms with Crippen molar-refractivity contribution >= 4 is 27.7 Å². The predicted octanol–water partition coefficient (Wildman–Crippen LogP) is 5.70. The van der Waals surface area contributed by atoms with Gasteiger partial charge in [0.2, 0.25) is 11.8 Å². The Balaban J connectivity index is 1.64. The molecule has 2 amide bonds. The standard InChI is InChI=1S/C30H33BrN2O3/c1-36-27-17-13-23(14-18-27)20-29(34)33(21-24-11-15-25(31)16-12-24)28(19-22-7-3-2-4-8-22)30(35)32-26-9-5-6-10-26/h2-4,7-8,11-18,26,28H,5-6,9-10,19-21H2,1H3,(H,32,35)/t28-/m0/s1. The second-order valence-corrected chi connectivity index (χ2v) is 10.3. The monoisotopic (exact) mass is 548 g/mol. The van der Waals surface area contributed by atoms with Crippen molar-refractivity contribution in [3.05, 3.63) is 100 Å². The molecule has 0 saturated heterocycles.